The third kappa shape index (κ3) is 14.7. The smallest absolute Gasteiger partial charge is 0.271 e. The number of aromatic nitrogens is 4. The van der Waals surface area contributed by atoms with E-state index < -0.39 is 11.0 Å². The molecule has 1 spiro atoms. The maximum absolute atomic E-state index is 13.6. The van der Waals surface area contributed by atoms with Crippen LogP contribution in [0.3, 0.4) is 0 Å². The Hall–Kier alpha value is -11.1. The lowest BCUT2D eigenvalue weighted by atomic mass is 9.49. The molecule has 7 aliphatic heterocycles. The van der Waals surface area contributed by atoms with Crippen molar-refractivity contribution in [1.82, 2.24) is 48.9 Å². The number of rotatable bonds is 9. The second-order valence-electron chi connectivity index (χ2n) is 43.1. The fourth-order valence-corrected chi connectivity index (χ4v) is 28.7. The number of Topliss-reactive ketones (excluding diaryl/α,β-unsaturated/α-hetero) is 1. The third-order valence-electron chi connectivity index (χ3n) is 35.4. The van der Waals surface area contributed by atoms with E-state index in [9.17, 15) is 40.2 Å². The van der Waals surface area contributed by atoms with Crippen molar-refractivity contribution >= 4 is 44.4 Å². The molecule has 12 aromatic rings. The van der Waals surface area contributed by atoms with Gasteiger partial charge in [-0.25, -0.2) is 0 Å². The Balaban J connectivity index is 0.000000102. The topological polar surface area (TPSA) is 240 Å². The van der Waals surface area contributed by atoms with Gasteiger partial charge in [-0.15, -0.1) is 0 Å². The first-order valence-electron chi connectivity index (χ1n) is 49.9. The van der Waals surface area contributed by atoms with Gasteiger partial charge in [-0.2, -0.15) is 0 Å². The van der Waals surface area contributed by atoms with E-state index in [1.807, 2.05) is 54.3 Å². The van der Waals surface area contributed by atoms with Crippen LogP contribution in [-0.2, 0) is 103 Å². The largest absolute Gasteiger partial charge is 0.508 e. The molecule has 6 aliphatic carbocycles. The van der Waals surface area contributed by atoms with Gasteiger partial charge in [-0.05, 0) is 351 Å². The summed E-state index contributed by atoms with van der Waals surface area (Å²) >= 11 is 0. The molecule has 13 aliphatic rings. The summed E-state index contributed by atoms with van der Waals surface area (Å²) in [6.45, 7) is 21.5. The van der Waals surface area contributed by atoms with Crippen molar-refractivity contribution < 1.29 is 49.7 Å². The number of ketones is 1. The molecular formula is C115H134N10O10. The van der Waals surface area contributed by atoms with Crippen molar-refractivity contribution in [1.29, 1.82) is 0 Å². The minimum Gasteiger partial charge on any atom is -0.508 e. The summed E-state index contributed by atoms with van der Waals surface area (Å²) in [6, 6.07) is 59.9. The normalized spacial score (nSPS) is 26.9. The van der Waals surface area contributed by atoms with E-state index in [-0.39, 0.29) is 63.3 Å². The third-order valence-corrected chi connectivity index (χ3v) is 35.4. The van der Waals surface area contributed by atoms with Gasteiger partial charge in [0.2, 0.25) is 0 Å². The second kappa shape index (κ2) is 34.6. The number of nitrogens with one attached hydrogen (secondary N) is 1. The summed E-state index contributed by atoms with van der Waals surface area (Å²) in [6.07, 6.45) is 16.5. The number of benzene rings is 8. The van der Waals surface area contributed by atoms with Crippen LogP contribution in [-0.4, -0.2) is 216 Å². The summed E-state index contributed by atoms with van der Waals surface area (Å²) < 4.78 is 14.7. The number of ether oxygens (including phenoxy) is 2. The average molecular weight is 1820 g/mol. The van der Waals surface area contributed by atoms with Gasteiger partial charge < -0.3 is 79.1 Å². The van der Waals surface area contributed by atoms with Crippen LogP contribution in [0.25, 0.3) is 32.7 Å². The number of H-pyrrole nitrogens is 1. The van der Waals surface area contributed by atoms with E-state index in [2.05, 4.69) is 207 Å². The van der Waals surface area contributed by atoms with Crippen molar-refractivity contribution in [3.63, 3.8) is 0 Å². The van der Waals surface area contributed by atoms with E-state index in [4.69, 9.17) is 19.4 Å². The summed E-state index contributed by atoms with van der Waals surface area (Å²) in [4.78, 5) is 53.7. The van der Waals surface area contributed by atoms with Crippen molar-refractivity contribution in [2.45, 2.75) is 227 Å². The number of aliphatic hydroxyl groups is 1. The SMILES string of the molecule is CCC(=O)C1(c2cccc(O)c2)CCN(C)CC1.CN1CC[C@@]2(c3cccc(O)c3)Cc3nc4ccccc4cc3C[C@@H]2C1.CN1CC[C@]2(c3cccc(O)c3)Cc3nc4ccccc4cc3C[C@H]2C1.CN1CC[C@]23c4c5ccc(O)c4O[C@H]2c2c(c4cccc6c4n2CCC6)C[C@@]3(O)[C@H]1C5.COc1ccc2c(c1O)[C@]13CCN(C)[C@H](C2)[C@@H]1Cc1c([nH]c(C(=O)N(C(C)C)C(C)C)c1C)C3. The van der Waals surface area contributed by atoms with E-state index >= 15 is 0 Å². The molecule has 4 aromatic heterocycles. The number of hydrogen-bond acceptors (Lipinski definition) is 17. The predicted molar refractivity (Wildman–Crippen MR) is 532 cm³/mol. The molecule has 135 heavy (non-hydrogen) atoms. The first kappa shape index (κ1) is 90.4. The van der Waals surface area contributed by atoms with Gasteiger partial charge in [0.25, 0.3) is 5.91 Å². The first-order valence-corrected chi connectivity index (χ1v) is 49.9. The second-order valence-corrected chi connectivity index (χ2v) is 43.1. The lowest BCUT2D eigenvalue weighted by Crippen LogP contribution is -2.74. The van der Waals surface area contributed by atoms with Crippen molar-refractivity contribution in [3.8, 4) is 40.2 Å². The molecule has 5 fully saturated rings. The number of nitrogens with zero attached hydrogens (tertiary/aromatic N) is 9. The van der Waals surface area contributed by atoms with E-state index in [0.717, 1.165) is 201 Å². The summed E-state index contributed by atoms with van der Waals surface area (Å²) in [5.41, 5.74) is 23.4. The van der Waals surface area contributed by atoms with Gasteiger partial charge in [0.1, 0.15) is 28.7 Å². The number of methoxy groups -OCH3 is 1. The Bertz CT molecular complexity index is 6480. The molecule has 0 unspecified atom stereocenters. The van der Waals surface area contributed by atoms with Crippen LogP contribution < -0.4 is 9.47 Å². The Labute approximate surface area is 794 Å². The van der Waals surface area contributed by atoms with Crippen molar-refractivity contribution in [2.75, 3.05) is 94.7 Å². The maximum Gasteiger partial charge on any atom is 0.271 e. The molecule has 20 nitrogen and oxygen atoms in total. The lowest BCUT2D eigenvalue weighted by molar-refractivity contribution is -0.168. The number of amides is 1. The zero-order valence-electron chi connectivity index (χ0n) is 80.8. The molecule has 20 heteroatoms. The molecule has 11 atom stereocenters. The molecule has 1 amide bonds. The molecule has 25 rings (SSSR count). The number of aromatic hydroxyl groups is 5. The van der Waals surface area contributed by atoms with Gasteiger partial charge in [0.15, 0.2) is 29.1 Å². The molecule has 8 aromatic carbocycles. The first-order chi connectivity index (χ1) is 65.0. The number of fused-ring (bicyclic) bond motifs is 12. The van der Waals surface area contributed by atoms with Gasteiger partial charge in [-0.1, -0.05) is 110 Å². The molecule has 0 radical (unpaired) electrons. The number of pyridine rings is 2. The van der Waals surface area contributed by atoms with Crippen molar-refractivity contribution in [2.24, 2.45) is 17.8 Å². The molecule has 0 saturated carbocycles. The fraction of sp³-hybridized carbons (Fsp3) is 0.461. The minimum absolute atomic E-state index is 0.0511. The summed E-state index contributed by atoms with van der Waals surface area (Å²) in [5.74, 6) is 4.55. The zero-order valence-corrected chi connectivity index (χ0v) is 80.8. The van der Waals surface area contributed by atoms with E-state index in [1.165, 1.54) is 94.5 Å². The maximum atomic E-state index is 13.6. The number of phenolic OH excluding ortho intramolecular Hbond substituents is 5. The Morgan fingerprint density at radius 1 is 0.548 bits per heavy atom. The Kier molecular flexibility index (Phi) is 23.1. The molecular weight excluding hydrogens is 1680 g/mol. The monoisotopic (exact) mass is 1820 g/mol. The molecule has 11 heterocycles. The van der Waals surface area contributed by atoms with E-state index in [1.54, 1.807) is 37.4 Å². The highest BCUT2D eigenvalue weighted by atomic mass is 16.5. The number of carbonyl (C=O) groups excluding carboxylic acids is 2. The van der Waals surface area contributed by atoms with Gasteiger partial charge in [0, 0.05) is 130 Å². The van der Waals surface area contributed by atoms with Gasteiger partial charge in [0.05, 0.1) is 45.8 Å². The van der Waals surface area contributed by atoms with Crippen LogP contribution >= 0.6 is 0 Å². The fourth-order valence-electron chi connectivity index (χ4n) is 28.7. The molecule has 5 saturated heterocycles. The molecule has 704 valence electrons. The minimum atomic E-state index is -0.910. The van der Waals surface area contributed by atoms with Crippen LogP contribution in [0.2, 0.25) is 0 Å². The Morgan fingerprint density at radius 3 is 1.71 bits per heavy atom. The number of carbonyl (C=O) groups is 2. The standard InChI is InChI=1S/C28H39N3O3.C26H26N2O3.2C23H24N2O.C15H21NO2/c1-15(2)31(16(3)4)27(33)25-17(5)19-13-20-22-12-18-8-9-23(34-7)26(32)24(18)28(20,10-11-30(22)6)14-21(19)29-25;1-27-11-9-25-20-15-7-8-18(29)23(20)31-24(25)22-17(13-26(25,30)19(27)12-15)16-6-2-4-14-5-3-10-28(22)21(14)16;2*1-25-10-9-23(18-6-4-7-20(26)13-18)14-22-17(12-19(23)15-25)11-16-5-2-3-8-21(16)24-22;1-3-14(18)15(7-9-16(2)10-8-15)12-5-4-6-13(17)11-12/h8-9,15-16,20,22,29,32H,10-14H2,1-7H3;2,4,6-8,19,24,29-30H,3,5,9-13H2,1H3;2*2-8,11,13,19,26H,9-10,12,14-15H2,1H3;4-6,11,17H,3,7-10H2,1-2H3/t20-,22+,28-;19-,24+,25+,26-;2*19-,23+;/m0110./s1. The highest BCUT2D eigenvalue weighted by Crippen LogP contribution is 2.70. The quantitative estimate of drug-likeness (QED) is 0.0711. The summed E-state index contributed by atoms with van der Waals surface area (Å²) in [5, 5.41) is 68.3. The number of phenols is 5. The zero-order chi connectivity index (χ0) is 93.8. The van der Waals surface area contributed by atoms with Crippen LogP contribution in [0.1, 0.15) is 198 Å². The Morgan fingerprint density at radius 2 is 1.11 bits per heavy atom. The number of aromatic amines is 1. The molecule has 4 bridgehead atoms. The average Bonchev–Trinajstić information content (AvgIpc) is 1.49. The van der Waals surface area contributed by atoms with Crippen LogP contribution in [0, 0.1) is 24.7 Å². The number of hydrogen-bond donors (Lipinski definition) is 7. The van der Waals surface area contributed by atoms with Crippen molar-refractivity contribution in [3.05, 3.63) is 277 Å². The van der Waals surface area contributed by atoms with Crippen LogP contribution in [0.5, 0.6) is 40.2 Å². The van der Waals surface area contributed by atoms with Gasteiger partial charge in [-0.3, -0.25) is 19.6 Å². The predicted octanol–water partition coefficient (Wildman–Crippen LogP) is 17.6. The highest BCUT2D eigenvalue weighted by molar-refractivity contribution is 5.95. The van der Waals surface area contributed by atoms with Crippen LogP contribution in [0.4, 0.5) is 0 Å². The number of likely N-dealkylation sites (tertiary alicyclic amines) is 5. The number of piperidine rings is 5. The van der Waals surface area contributed by atoms with Crippen LogP contribution in [0.15, 0.2) is 176 Å². The summed E-state index contributed by atoms with van der Waals surface area (Å²) in [7, 11) is 12.5. The number of aryl methyl sites for hydroxylation is 2. The number of likely N-dealkylation sites (N-methyl/N-ethyl adjacent to an activating group) is 2. The number of para-hydroxylation sites is 3. The van der Waals surface area contributed by atoms with E-state index in [0.29, 0.717) is 71.2 Å². The highest BCUT2D eigenvalue weighted by Gasteiger charge is 2.73. The lowest BCUT2D eigenvalue weighted by Gasteiger charge is -2.62. The van der Waals surface area contributed by atoms with Gasteiger partial charge >= 0.3 is 0 Å². The molecule has 7 N–H and O–H groups in total.